The number of imidazole rings is 1. The summed E-state index contributed by atoms with van der Waals surface area (Å²) < 4.78 is 2.11. The smallest absolute Gasteiger partial charge is 0.251 e. The van der Waals surface area contributed by atoms with Crippen LogP contribution in [0.1, 0.15) is 18.2 Å². The Balaban J connectivity index is 1.64. The van der Waals surface area contributed by atoms with Gasteiger partial charge in [-0.1, -0.05) is 0 Å². The molecule has 1 fully saturated rings. The second-order valence-electron chi connectivity index (χ2n) is 5.96. The quantitative estimate of drug-likeness (QED) is 0.905. The third-order valence-electron chi connectivity index (χ3n) is 4.17. The van der Waals surface area contributed by atoms with E-state index in [-0.39, 0.29) is 5.91 Å². The number of carbonyl (C=O) groups excluding carboxylic acids is 1. The third kappa shape index (κ3) is 2.98. The van der Waals surface area contributed by atoms with Crippen molar-refractivity contribution in [3.63, 3.8) is 0 Å². The summed E-state index contributed by atoms with van der Waals surface area (Å²) in [6, 6.07) is 4.15. The molecule has 6 nitrogen and oxygen atoms in total. The van der Waals surface area contributed by atoms with Gasteiger partial charge in [-0.05, 0) is 31.5 Å². The lowest BCUT2D eigenvalue weighted by atomic mass is 10.2. The number of hydrogen-bond acceptors (Lipinski definition) is 4. The van der Waals surface area contributed by atoms with Crippen LogP contribution in [0.4, 0.5) is 0 Å². The lowest BCUT2D eigenvalue weighted by Gasteiger charge is -2.35. The van der Waals surface area contributed by atoms with E-state index >= 15 is 0 Å². The number of aromatic nitrogens is 2. The number of piperazine rings is 1. The van der Waals surface area contributed by atoms with Crippen molar-refractivity contribution in [3.8, 4) is 0 Å². The van der Waals surface area contributed by atoms with Gasteiger partial charge in [0.15, 0.2) is 0 Å². The fourth-order valence-corrected chi connectivity index (χ4v) is 2.87. The van der Waals surface area contributed by atoms with Crippen LogP contribution in [-0.2, 0) is 11.3 Å². The van der Waals surface area contributed by atoms with E-state index in [1.54, 1.807) is 4.90 Å². The molecule has 2 aromatic heterocycles. The lowest BCUT2D eigenvalue weighted by molar-refractivity contribution is -0.141. The van der Waals surface area contributed by atoms with E-state index in [4.69, 9.17) is 0 Å². The number of aliphatic hydroxyl groups is 1. The predicted octanol–water partition coefficient (Wildman–Crippen LogP) is 0.668. The van der Waals surface area contributed by atoms with Crippen molar-refractivity contribution in [1.29, 1.82) is 0 Å². The van der Waals surface area contributed by atoms with Gasteiger partial charge in [0, 0.05) is 38.9 Å². The van der Waals surface area contributed by atoms with Crippen LogP contribution in [0.3, 0.4) is 0 Å². The van der Waals surface area contributed by atoms with Gasteiger partial charge in [-0.15, -0.1) is 0 Å². The molecule has 1 aliphatic rings. The molecule has 3 heterocycles. The number of hydrogen-bond donors (Lipinski definition) is 1. The fraction of sp³-hybridized carbons (Fsp3) is 0.500. The SMILES string of the molecule is Cc1ccn2c(CN3CCN(C(=O)C(C)O)CC3)cnc2c1. The van der Waals surface area contributed by atoms with Crippen LogP contribution in [-0.4, -0.2) is 62.5 Å². The van der Waals surface area contributed by atoms with Crippen LogP contribution >= 0.6 is 0 Å². The first-order valence-electron chi connectivity index (χ1n) is 7.66. The van der Waals surface area contributed by atoms with E-state index in [0.717, 1.165) is 31.0 Å². The van der Waals surface area contributed by atoms with Crippen LogP contribution in [0.2, 0.25) is 0 Å². The van der Waals surface area contributed by atoms with Gasteiger partial charge in [-0.25, -0.2) is 4.98 Å². The lowest BCUT2D eigenvalue weighted by Crippen LogP contribution is -2.50. The Morgan fingerprint density at radius 2 is 2.09 bits per heavy atom. The Hall–Kier alpha value is -1.92. The molecule has 1 atom stereocenters. The van der Waals surface area contributed by atoms with Crippen LogP contribution in [0.25, 0.3) is 5.65 Å². The number of pyridine rings is 1. The van der Waals surface area contributed by atoms with E-state index in [2.05, 4.69) is 39.5 Å². The number of aliphatic hydroxyl groups excluding tert-OH is 1. The molecule has 0 saturated carbocycles. The molecule has 1 saturated heterocycles. The molecule has 6 heteroatoms. The zero-order valence-electron chi connectivity index (χ0n) is 13.1. The summed E-state index contributed by atoms with van der Waals surface area (Å²) in [6.45, 7) is 7.37. The predicted molar refractivity (Wildman–Crippen MR) is 83.5 cm³/mol. The van der Waals surface area contributed by atoms with Gasteiger partial charge in [0.1, 0.15) is 11.8 Å². The van der Waals surface area contributed by atoms with Crippen molar-refractivity contribution in [1.82, 2.24) is 19.2 Å². The summed E-state index contributed by atoms with van der Waals surface area (Å²) in [4.78, 5) is 20.3. The van der Waals surface area contributed by atoms with Crippen molar-refractivity contribution < 1.29 is 9.90 Å². The first-order valence-corrected chi connectivity index (χ1v) is 7.66. The normalized spacial score (nSPS) is 17.9. The Morgan fingerprint density at radius 3 is 2.77 bits per heavy atom. The maximum atomic E-state index is 11.8. The number of nitrogens with zero attached hydrogens (tertiary/aromatic N) is 4. The number of carbonyl (C=O) groups is 1. The van der Waals surface area contributed by atoms with Crippen molar-refractivity contribution in [2.24, 2.45) is 0 Å². The molecule has 1 aliphatic heterocycles. The van der Waals surface area contributed by atoms with Gasteiger partial charge in [-0.2, -0.15) is 0 Å². The van der Waals surface area contributed by atoms with Gasteiger partial charge >= 0.3 is 0 Å². The molecule has 2 aromatic rings. The van der Waals surface area contributed by atoms with Crippen LogP contribution in [0.5, 0.6) is 0 Å². The molecule has 118 valence electrons. The average molecular weight is 302 g/mol. The summed E-state index contributed by atoms with van der Waals surface area (Å²) in [7, 11) is 0. The Bertz CT molecular complexity index is 672. The Labute approximate surface area is 130 Å². The van der Waals surface area contributed by atoms with E-state index in [9.17, 15) is 9.90 Å². The number of rotatable bonds is 3. The second kappa shape index (κ2) is 6.06. The summed E-state index contributed by atoms with van der Waals surface area (Å²) >= 11 is 0. The molecule has 22 heavy (non-hydrogen) atoms. The van der Waals surface area contributed by atoms with Gasteiger partial charge in [-0.3, -0.25) is 9.69 Å². The fourth-order valence-electron chi connectivity index (χ4n) is 2.87. The highest BCUT2D eigenvalue weighted by molar-refractivity contribution is 5.80. The zero-order valence-corrected chi connectivity index (χ0v) is 13.1. The van der Waals surface area contributed by atoms with Crippen molar-refractivity contribution in [2.45, 2.75) is 26.5 Å². The summed E-state index contributed by atoms with van der Waals surface area (Å²) in [6.07, 6.45) is 3.07. The van der Waals surface area contributed by atoms with Crippen molar-refractivity contribution >= 4 is 11.6 Å². The molecule has 0 radical (unpaired) electrons. The van der Waals surface area contributed by atoms with Gasteiger partial charge in [0.2, 0.25) is 0 Å². The average Bonchev–Trinajstić information content (AvgIpc) is 2.89. The van der Waals surface area contributed by atoms with Crippen molar-refractivity contribution in [3.05, 3.63) is 35.8 Å². The van der Waals surface area contributed by atoms with Gasteiger partial charge < -0.3 is 14.4 Å². The number of fused-ring (bicyclic) bond motifs is 1. The molecule has 0 spiro atoms. The maximum Gasteiger partial charge on any atom is 0.251 e. The Kier molecular flexibility index (Phi) is 4.13. The van der Waals surface area contributed by atoms with Crippen LogP contribution in [0.15, 0.2) is 24.5 Å². The summed E-state index contributed by atoms with van der Waals surface area (Å²) in [5, 5.41) is 9.37. The van der Waals surface area contributed by atoms with Crippen molar-refractivity contribution in [2.75, 3.05) is 26.2 Å². The molecule has 3 rings (SSSR count). The highest BCUT2D eigenvalue weighted by Crippen LogP contribution is 2.13. The Morgan fingerprint density at radius 1 is 1.36 bits per heavy atom. The second-order valence-corrected chi connectivity index (χ2v) is 5.96. The first-order chi connectivity index (χ1) is 10.5. The van der Waals surface area contributed by atoms with E-state index < -0.39 is 6.10 Å². The largest absolute Gasteiger partial charge is 0.384 e. The van der Waals surface area contributed by atoms with Crippen LogP contribution < -0.4 is 0 Å². The highest BCUT2D eigenvalue weighted by atomic mass is 16.3. The molecule has 1 unspecified atom stereocenters. The van der Waals surface area contributed by atoms with E-state index in [1.807, 2.05) is 6.20 Å². The topological polar surface area (TPSA) is 61.1 Å². The third-order valence-corrected chi connectivity index (χ3v) is 4.17. The molecular weight excluding hydrogens is 280 g/mol. The van der Waals surface area contributed by atoms with Gasteiger partial charge in [0.25, 0.3) is 5.91 Å². The highest BCUT2D eigenvalue weighted by Gasteiger charge is 2.24. The molecule has 0 aliphatic carbocycles. The number of amides is 1. The van der Waals surface area contributed by atoms with Crippen LogP contribution in [0, 0.1) is 6.92 Å². The monoisotopic (exact) mass is 302 g/mol. The first kappa shape index (κ1) is 15.0. The zero-order chi connectivity index (χ0) is 15.7. The molecule has 1 N–H and O–H groups in total. The molecule has 0 aromatic carbocycles. The van der Waals surface area contributed by atoms with Gasteiger partial charge in [0.05, 0.1) is 11.9 Å². The minimum atomic E-state index is -0.909. The maximum absolute atomic E-state index is 11.8. The molecule has 1 amide bonds. The molecular formula is C16H22N4O2. The summed E-state index contributed by atoms with van der Waals surface area (Å²) in [5.74, 6) is -0.176. The minimum Gasteiger partial charge on any atom is -0.384 e. The van der Waals surface area contributed by atoms with E-state index in [1.165, 1.54) is 12.5 Å². The number of aryl methyl sites for hydroxylation is 1. The summed E-state index contributed by atoms with van der Waals surface area (Å²) in [5.41, 5.74) is 3.33. The molecule has 0 bridgehead atoms. The standard InChI is InChI=1S/C16H22N4O2/c1-12-3-4-20-14(10-17-15(20)9-12)11-18-5-7-19(8-6-18)16(22)13(2)21/h3-4,9-10,13,21H,5-8,11H2,1-2H3. The minimum absolute atomic E-state index is 0.176. The van der Waals surface area contributed by atoms with E-state index in [0.29, 0.717) is 13.1 Å².